The predicted molar refractivity (Wildman–Crippen MR) is 270 cm³/mol. The van der Waals surface area contributed by atoms with Crippen LogP contribution in [0, 0.1) is 0 Å². The van der Waals surface area contributed by atoms with Gasteiger partial charge in [-0.05, 0) is 103 Å². The minimum atomic E-state index is -0.788. The van der Waals surface area contributed by atoms with Crippen LogP contribution < -0.4 is 0 Å². The number of carbonyl (C=O) groups is 3. The van der Waals surface area contributed by atoms with Crippen molar-refractivity contribution in [3.63, 3.8) is 0 Å². The van der Waals surface area contributed by atoms with E-state index in [1.165, 1.54) is 109 Å². The van der Waals surface area contributed by atoms with E-state index in [-0.39, 0.29) is 31.1 Å². The van der Waals surface area contributed by atoms with Gasteiger partial charge in [-0.3, -0.25) is 14.4 Å². The van der Waals surface area contributed by atoms with Gasteiger partial charge >= 0.3 is 17.9 Å². The van der Waals surface area contributed by atoms with Crippen LogP contribution in [0.15, 0.2) is 60.8 Å². The second kappa shape index (κ2) is 51.7. The second-order valence-corrected chi connectivity index (χ2v) is 17.7. The molecule has 0 aromatic carbocycles. The van der Waals surface area contributed by atoms with E-state index in [0.29, 0.717) is 19.3 Å². The average molecular weight is 881 g/mol. The summed E-state index contributed by atoms with van der Waals surface area (Å²) in [6, 6.07) is 0. The first-order valence-corrected chi connectivity index (χ1v) is 26.8. The van der Waals surface area contributed by atoms with Crippen LogP contribution in [-0.2, 0) is 28.6 Å². The van der Waals surface area contributed by atoms with Crippen LogP contribution in [0.5, 0.6) is 0 Å². The SMILES string of the molecule is CC/C=C/C/C=C/C/C=C/CCCCCCCC(=O)OCC(COC(=O)CCCCCCC/C=C/CCCCCCCC)OC(=O)CCCCCCC/C=C/CCCCCCCC. The van der Waals surface area contributed by atoms with Crippen molar-refractivity contribution < 1.29 is 28.6 Å². The number of rotatable bonds is 48. The number of allylic oxidation sites excluding steroid dienone is 10. The van der Waals surface area contributed by atoms with Gasteiger partial charge in [0.25, 0.3) is 0 Å². The standard InChI is InChI=1S/C57H100O6/c1-4-7-10-13-16-19-22-25-28-31-34-37-40-43-46-49-55(58)61-52-54(63-57(60)51-48-45-42-39-36-33-30-27-24-21-18-15-12-9-6-3)53-62-56(59)50-47-44-41-38-35-32-29-26-23-20-17-14-11-8-5-2/h7,10,16,19,25-30,54H,4-6,8-9,11-15,17-18,20-24,31-53H2,1-3H3/b10-7+,19-16+,28-25+,29-26+,30-27+. The summed E-state index contributed by atoms with van der Waals surface area (Å²) in [5.41, 5.74) is 0. The van der Waals surface area contributed by atoms with E-state index in [2.05, 4.69) is 81.5 Å². The van der Waals surface area contributed by atoms with E-state index >= 15 is 0 Å². The first-order valence-electron chi connectivity index (χ1n) is 26.8. The fourth-order valence-corrected chi connectivity index (χ4v) is 7.45. The van der Waals surface area contributed by atoms with Gasteiger partial charge in [-0.1, -0.05) is 204 Å². The van der Waals surface area contributed by atoms with Crippen molar-refractivity contribution in [1.82, 2.24) is 0 Å². The Bertz CT molecular complexity index is 1150. The minimum Gasteiger partial charge on any atom is -0.462 e. The van der Waals surface area contributed by atoms with Crippen molar-refractivity contribution >= 4 is 17.9 Å². The summed E-state index contributed by atoms with van der Waals surface area (Å²) in [7, 11) is 0. The predicted octanol–water partition coefficient (Wildman–Crippen LogP) is 17.6. The molecule has 0 rings (SSSR count). The van der Waals surface area contributed by atoms with Gasteiger partial charge in [0.15, 0.2) is 6.10 Å². The molecule has 63 heavy (non-hydrogen) atoms. The molecule has 6 heteroatoms. The molecule has 0 saturated carbocycles. The highest BCUT2D eigenvalue weighted by Gasteiger charge is 2.19. The zero-order valence-corrected chi connectivity index (χ0v) is 41.6. The lowest BCUT2D eigenvalue weighted by Gasteiger charge is -2.18. The van der Waals surface area contributed by atoms with Gasteiger partial charge in [-0.25, -0.2) is 0 Å². The molecule has 0 aromatic heterocycles. The maximum atomic E-state index is 12.8. The molecule has 0 saturated heterocycles. The Labute approximate surface area is 390 Å². The van der Waals surface area contributed by atoms with Crippen molar-refractivity contribution in [2.45, 2.75) is 271 Å². The van der Waals surface area contributed by atoms with Crippen LogP contribution in [0.2, 0.25) is 0 Å². The number of unbranched alkanes of at least 4 members (excludes halogenated alkanes) is 27. The topological polar surface area (TPSA) is 78.9 Å². The lowest BCUT2D eigenvalue weighted by Crippen LogP contribution is -2.30. The van der Waals surface area contributed by atoms with Gasteiger partial charge < -0.3 is 14.2 Å². The third-order valence-corrected chi connectivity index (χ3v) is 11.5. The molecular weight excluding hydrogens is 781 g/mol. The smallest absolute Gasteiger partial charge is 0.306 e. The molecule has 0 aliphatic heterocycles. The monoisotopic (exact) mass is 881 g/mol. The van der Waals surface area contributed by atoms with Crippen molar-refractivity contribution in [2.75, 3.05) is 13.2 Å². The van der Waals surface area contributed by atoms with Crippen LogP contribution in [0.4, 0.5) is 0 Å². The molecule has 364 valence electrons. The fraction of sp³-hybridized carbons (Fsp3) is 0.772. The van der Waals surface area contributed by atoms with Crippen molar-refractivity contribution in [3.05, 3.63) is 60.8 Å². The maximum Gasteiger partial charge on any atom is 0.306 e. The zero-order valence-electron chi connectivity index (χ0n) is 41.6. The Kier molecular flexibility index (Phi) is 49.4. The first kappa shape index (κ1) is 60.1. The highest BCUT2D eigenvalue weighted by Crippen LogP contribution is 2.14. The van der Waals surface area contributed by atoms with Gasteiger partial charge in [-0.2, -0.15) is 0 Å². The van der Waals surface area contributed by atoms with Gasteiger partial charge in [0, 0.05) is 19.3 Å². The lowest BCUT2D eigenvalue weighted by molar-refractivity contribution is -0.167. The fourth-order valence-electron chi connectivity index (χ4n) is 7.45. The van der Waals surface area contributed by atoms with Crippen LogP contribution in [0.3, 0.4) is 0 Å². The number of esters is 3. The van der Waals surface area contributed by atoms with Gasteiger partial charge in [0.2, 0.25) is 0 Å². The molecule has 0 fully saturated rings. The summed E-state index contributed by atoms with van der Waals surface area (Å²) < 4.78 is 16.8. The van der Waals surface area contributed by atoms with Crippen molar-refractivity contribution in [3.8, 4) is 0 Å². The van der Waals surface area contributed by atoms with E-state index in [9.17, 15) is 14.4 Å². The average Bonchev–Trinajstić information content (AvgIpc) is 3.28. The van der Waals surface area contributed by atoms with E-state index in [4.69, 9.17) is 14.2 Å². The van der Waals surface area contributed by atoms with Crippen LogP contribution in [0.25, 0.3) is 0 Å². The number of hydrogen-bond donors (Lipinski definition) is 0. The lowest BCUT2D eigenvalue weighted by atomic mass is 10.1. The number of carbonyl (C=O) groups excluding carboxylic acids is 3. The number of hydrogen-bond acceptors (Lipinski definition) is 6. The van der Waals surface area contributed by atoms with Crippen LogP contribution >= 0.6 is 0 Å². The Hall–Kier alpha value is -2.89. The molecule has 1 atom stereocenters. The molecule has 0 N–H and O–H groups in total. The van der Waals surface area contributed by atoms with E-state index in [1.54, 1.807) is 0 Å². The highest BCUT2D eigenvalue weighted by molar-refractivity contribution is 5.71. The van der Waals surface area contributed by atoms with Gasteiger partial charge in [0.05, 0.1) is 0 Å². The minimum absolute atomic E-state index is 0.0870. The third-order valence-electron chi connectivity index (χ3n) is 11.5. The molecule has 0 aliphatic carbocycles. The molecule has 0 radical (unpaired) electrons. The van der Waals surface area contributed by atoms with E-state index < -0.39 is 6.10 Å². The highest BCUT2D eigenvalue weighted by atomic mass is 16.6. The quantitative estimate of drug-likeness (QED) is 0.0262. The summed E-state index contributed by atoms with van der Waals surface area (Å²) in [6.45, 7) is 6.50. The summed E-state index contributed by atoms with van der Waals surface area (Å²) >= 11 is 0. The summed E-state index contributed by atoms with van der Waals surface area (Å²) in [5.74, 6) is -0.915. The Morgan fingerprint density at radius 2 is 0.619 bits per heavy atom. The first-order chi connectivity index (χ1) is 31.0. The molecule has 0 heterocycles. The third kappa shape index (κ3) is 50.0. The van der Waals surface area contributed by atoms with Crippen LogP contribution in [0.1, 0.15) is 265 Å². The summed E-state index contributed by atoms with van der Waals surface area (Å²) in [4.78, 5) is 38.0. The Morgan fingerprint density at radius 3 is 0.984 bits per heavy atom. The Morgan fingerprint density at radius 1 is 0.333 bits per heavy atom. The normalized spacial score (nSPS) is 12.5. The van der Waals surface area contributed by atoms with E-state index in [1.807, 2.05) is 0 Å². The molecule has 0 aliphatic rings. The molecule has 6 nitrogen and oxygen atoms in total. The van der Waals surface area contributed by atoms with Crippen LogP contribution in [-0.4, -0.2) is 37.2 Å². The summed E-state index contributed by atoms with van der Waals surface area (Å²) in [6.07, 6.45) is 63.4. The van der Waals surface area contributed by atoms with Crippen molar-refractivity contribution in [2.24, 2.45) is 0 Å². The second-order valence-electron chi connectivity index (χ2n) is 17.7. The summed E-state index contributed by atoms with van der Waals surface area (Å²) in [5, 5.41) is 0. The maximum absolute atomic E-state index is 12.8. The largest absolute Gasteiger partial charge is 0.462 e. The van der Waals surface area contributed by atoms with Gasteiger partial charge in [0.1, 0.15) is 13.2 Å². The molecule has 1 unspecified atom stereocenters. The molecule has 0 amide bonds. The molecule has 0 spiro atoms. The van der Waals surface area contributed by atoms with Gasteiger partial charge in [-0.15, -0.1) is 0 Å². The van der Waals surface area contributed by atoms with Crippen molar-refractivity contribution in [1.29, 1.82) is 0 Å². The van der Waals surface area contributed by atoms with E-state index in [0.717, 1.165) is 116 Å². The zero-order chi connectivity index (χ0) is 45.8. The Balaban J connectivity index is 4.42. The molecule has 0 aromatic rings. The molecule has 0 bridgehead atoms. The molecular formula is C57H100O6. The number of ether oxygens (including phenoxy) is 3.